The summed E-state index contributed by atoms with van der Waals surface area (Å²) in [5.41, 5.74) is 2.89. The number of aryl methyl sites for hydroxylation is 1. The molecule has 0 bridgehead atoms. The van der Waals surface area contributed by atoms with E-state index in [1.807, 2.05) is 60.0 Å². The minimum Gasteiger partial charge on any atom is -0.302 e. The van der Waals surface area contributed by atoms with Gasteiger partial charge in [0.25, 0.3) is 0 Å². The number of hydrogen-bond acceptors (Lipinski definition) is 4. The van der Waals surface area contributed by atoms with E-state index in [2.05, 4.69) is 33.1 Å². The second kappa shape index (κ2) is 7.97. The van der Waals surface area contributed by atoms with Gasteiger partial charge in [0.1, 0.15) is 0 Å². The molecule has 0 unspecified atom stereocenters. The first kappa shape index (κ1) is 17.9. The fraction of sp³-hybridized carbons (Fsp3) is 0.211. The van der Waals surface area contributed by atoms with Crippen molar-refractivity contribution in [3.63, 3.8) is 0 Å². The molecule has 2 aromatic carbocycles. The van der Waals surface area contributed by atoms with Gasteiger partial charge < -0.3 is 4.57 Å². The van der Waals surface area contributed by atoms with Gasteiger partial charge in [0.15, 0.2) is 16.8 Å². The van der Waals surface area contributed by atoms with E-state index in [-0.39, 0.29) is 5.78 Å². The number of rotatable bonds is 6. The zero-order valence-corrected chi connectivity index (χ0v) is 16.5. The molecule has 0 radical (unpaired) electrons. The van der Waals surface area contributed by atoms with Crippen molar-refractivity contribution in [3.05, 3.63) is 64.1 Å². The van der Waals surface area contributed by atoms with Crippen molar-refractivity contribution in [1.29, 1.82) is 0 Å². The Labute approximate surface area is 159 Å². The number of halogens is 1. The highest BCUT2D eigenvalue weighted by Gasteiger charge is 2.15. The van der Waals surface area contributed by atoms with Crippen LogP contribution in [0.4, 0.5) is 0 Å². The maximum absolute atomic E-state index is 12.4. The number of ketones is 1. The SMILES string of the molecule is CCn1c(SCC(=O)c2ccc(C)cc2)nnc1-c1ccc(Br)cc1. The molecule has 0 aliphatic carbocycles. The van der Waals surface area contributed by atoms with E-state index in [9.17, 15) is 4.79 Å². The van der Waals surface area contributed by atoms with E-state index < -0.39 is 0 Å². The number of Topliss-reactive ketones (excluding diaryl/α,β-unsaturated/α-hetero) is 1. The quantitative estimate of drug-likeness (QED) is 0.419. The van der Waals surface area contributed by atoms with Gasteiger partial charge >= 0.3 is 0 Å². The lowest BCUT2D eigenvalue weighted by Crippen LogP contribution is -2.05. The number of aromatic nitrogens is 3. The molecule has 3 rings (SSSR count). The molecule has 0 atom stereocenters. The number of thioether (sulfide) groups is 1. The first-order valence-corrected chi connectivity index (χ1v) is 9.78. The van der Waals surface area contributed by atoms with Crippen molar-refractivity contribution in [2.45, 2.75) is 25.5 Å². The predicted molar refractivity (Wildman–Crippen MR) is 105 cm³/mol. The summed E-state index contributed by atoms with van der Waals surface area (Å²) >= 11 is 4.87. The van der Waals surface area contributed by atoms with Crippen LogP contribution in [-0.4, -0.2) is 26.3 Å². The average Bonchev–Trinajstić information content (AvgIpc) is 3.04. The predicted octanol–water partition coefficient (Wildman–Crippen LogP) is 5.01. The molecular formula is C19H18BrN3OS. The maximum Gasteiger partial charge on any atom is 0.191 e. The van der Waals surface area contributed by atoms with E-state index in [1.165, 1.54) is 11.8 Å². The molecule has 25 heavy (non-hydrogen) atoms. The number of carbonyl (C=O) groups is 1. The molecule has 6 heteroatoms. The van der Waals surface area contributed by atoms with Crippen LogP contribution in [0.1, 0.15) is 22.8 Å². The Morgan fingerprint density at radius 3 is 2.40 bits per heavy atom. The van der Waals surface area contributed by atoms with Crippen molar-refractivity contribution < 1.29 is 4.79 Å². The van der Waals surface area contributed by atoms with Crippen LogP contribution in [0.2, 0.25) is 0 Å². The topological polar surface area (TPSA) is 47.8 Å². The summed E-state index contributed by atoms with van der Waals surface area (Å²) in [6.45, 7) is 4.81. The smallest absolute Gasteiger partial charge is 0.191 e. The summed E-state index contributed by atoms with van der Waals surface area (Å²) in [5.74, 6) is 1.27. The van der Waals surface area contributed by atoms with E-state index in [0.717, 1.165) is 38.7 Å². The highest BCUT2D eigenvalue weighted by molar-refractivity contribution is 9.10. The number of nitrogens with zero attached hydrogens (tertiary/aromatic N) is 3. The standard InChI is InChI=1S/C19H18BrN3OS/c1-3-23-18(15-8-10-16(20)11-9-15)21-22-19(23)25-12-17(24)14-6-4-13(2)5-7-14/h4-11H,3,12H2,1-2H3. The number of carbonyl (C=O) groups excluding carboxylic acids is 1. The van der Waals surface area contributed by atoms with Crippen LogP contribution in [0.3, 0.4) is 0 Å². The Hall–Kier alpha value is -1.92. The number of hydrogen-bond donors (Lipinski definition) is 0. The Morgan fingerprint density at radius 1 is 1.08 bits per heavy atom. The van der Waals surface area contributed by atoms with E-state index >= 15 is 0 Å². The Balaban J connectivity index is 1.76. The van der Waals surface area contributed by atoms with Crippen LogP contribution >= 0.6 is 27.7 Å². The summed E-state index contributed by atoms with van der Waals surface area (Å²) in [6, 6.07) is 15.6. The van der Waals surface area contributed by atoms with Gasteiger partial charge in [0, 0.05) is 22.1 Å². The fourth-order valence-electron chi connectivity index (χ4n) is 2.45. The highest BCUT2D eigenvalue weighted by atomic mass is 79.9. The average molecular weight is 416 g/mol. The Kier molecular flexibility index (Phi) is 5.71. The molecule has 0 N–H and O–H groups in total. The first-order chi connectivity index (χ1) is 12.1. The van der Waals surface area contributed by atoms with Crippen molar-refractivity contribution >= 4 is 33.5 Å². The third-order valence-electron chi connectivity index (χ3n) is 3.84. The van der Waals surface area contributed by atoms with Crippen molar-refractivity contribution in [1.82, 2.24) is 14.8 Å². The van der Waals surface area contributed by atoms with E-state index in [0.29, 0.717) is 5.75 Å². The molecule has 1 aromatic heterocycles. The third kappa shape index (κ3) is 4.19. The van der Waals surface area contributed by atoms with Gasteiger partial charge in [-0.25, -0.2) is 0 Å². The summed E-state index contributed by atoms with van der Waals surface area (Å²) in [6.07, 6.45) is 0. The van der Waals surface area contributed by atoms with Crippen molar-refractivity contribution in [3.8, 4) is 11.4 Å². The largest absolute Gasteiger partial charge is 0.302 e. The summed E-state index contributed by atoms with van der Waals surface area (Å²) in [7, 11) is 0. The van der Waals surface area contributed by atoms with Crippen LogP contribution in [-0.2, 0) is 6.54 Å². The molecule has 0 aliphatic rings. The fourth-order valence-corrected chi connectivity index (χ4v) is 3.61. The van der Waals surface area contributed by atoms with Gasteiger partial charge in [-0.3, -0.25) is 4.79 Å². The maximum atomic E-state index is 12.4. The van der Waals surface area contributed by atoms with Crippen LogP contribution in [0, 0.1) is 6.92 Å². The zero-order chi connectivity index (χ0) is 17.8. The molecule has 3 aromatic rings. The third-order valence-corrected chi connectivity index (χ3v) is 5.34. The zero-order valence-electron chi connectivity index (χ0n) is 14.1. The number of benzene rings is 2. The molecule has 0 aliphatic heterocycles. The molecule has 4 nitrogen and oxygen atoms in total. The lowest BCUT2D eigenvalue weighted by atomic mass is 10.1. The Morgan fingerprint density at radius 2 is 1.76 bits per heavy atom. The van der Waals surface area contributed by atoms with Crippen LogP contribution in [0.5, 0.6) is 0 Å². The Bertz CT molecular complexity index is 873. The molecular weight excluding hydrogens is 398 g/mol. The van der Waals surface area contributed by atoms with Crippen molar-refractivity contribution in [2.24, 2.45) is 0 Å². The van der Waals surface area contributed by atoms with Gasteiger partial charge in [-0.2, -0.15) is 0 Å². The van der Waals surface area contributed by atoms with Gasteiger partial charge in [-0.05, 0) is 26.0 Å². The second-order valence-electron chi connectivity index (χ2n) is 5.64. The lowest BCUT2D eigenvalue weighted by molar-refractivity contribution is 0.102. The molecule has 0 saturated heterocycles. The van der Waals surface area contributed by atoms with E-state index in [1.54, 1.807) is 0 Å². The molecule has 0 saturated carbocycles. The molecule has 0 spiro atoms. The normalized spacial score (nSPS) is 10.8. The minimum atomic E-state index is 0.0980. The molecule has 0 amide bonds. The van der Waals surface area contributed by atoms with Crippen molar-refractivity contribution in [2.75, 3.05) is 5.75 Å². The van der Waals surface area contributed by atoms with Gasteiger partial charge in [0.05, 0.1) is 5.75 Å². The van der Waals surface area contributed by atoms with Gasteiger partial charge in [-0.1, -0.05) is 69.7 Å². The summed E-state index contributed by atoms with van der Waals surface area (Å²) < 4.78 is 3.06. The van der Waals surface area contributed by atoms with Crippen LogP contribution in [0.25, 0.3) is 11.4 Å². The van der Waals surface area contributed by atoms with Gasteiger partial charge in [-0.15, -0.1) is 10.2 Å². The van der Waals surface area contributed by atoms with E-state index in [4.69, 9.17) is 0 Å². The second-order valence-corrected chi connectivity index (χ2v) is 7.49. The minimum absolute atomic E-state index is 0.0980. The lowest BCUT2D eigenvalue weighted by Gasteiger charge is -2.07. The highest BCUT2D eigenvalue weighted by Crippen LogP contribution is 2.25. The van der Waals surface area contributed by atoms with Crippen LogP contribution in [0.15, 0.2) is 58.2 Å². The molecule has 128 valence electrons. The molecule has 1 heterocycles. The van der Waals surface area contributed by atoms with Gasteiger partial charge in [0.2, 0.25) is 0 Å². The first-order valence-electron chi connectivity index (χ1n) is 8.00. The van der Waals surface area contributed by atoms with Crippen LogP contribution < -0.4 is 0 Å². The summed E-state index contributed by atoms with van der Waals surface area (Å²) in [4.78, 5) is 12.4. The summed E-state index contributed by atoms with van der Waals surface area (Å²) in [5, 5.41) is 9.36. The molecule has 0 fully saturated rings. The monoisotopic (exact) mass is 415 g/mol.